The zero-order valence-corrected chi connectivity index (χ0v) is 12.9. The molecule has 1 saturated heterocycles. The average Bonchev–Trinajstić information content (AvgIpc) is 2.99. The van der Waals surface area contributed by atoms with Crippen LogP contribution in [0.1, 0.15) is 35.8 Å². The van der Waals surface area contributed by atoms with Gasteiger partial charge in [-0.3, -0.25) is 9.63 Å². The molecule has 1 aliphatic rings. The maximum Gasteiger partial charge on any atom is 0.280 e. The molecule has 1 amide bonds. The molecular formula is C15H17F2N3O3. The highest BCUT2D eigenvalue weighted by molar-refractivity contribution is 6.06. The van der Waals surface area contributed by atoms with Gasteiger partial charge < -0.3 is 4.74 Å². The number of aromatic nitrogens is 2. The highest BCUT2D eigenvalue weighted by Crippen LogP contribution is 2.31. The van der Waals surface area contributed by atoms with Gasteiger partial charge in [-0.1, -0.05) is 0 Å². The topological polar surface area (TPSA) is 56.6 Å². The van der Waals surface area contributed by atoms with E-state index in [0.29, 0.717) is 19.1 Å². The summed E-state index contributed by atoms with van der Waals surface area (Å²) in [5.74, 6) is -2.44. The first kappa shape index (κ1) is 15.8. The Morgan fingerprint density at radius 3 is 2.87 bits per heavy atom. The first-order chi connectivity index (χ1) is 11.0. The van der Waals surface area contributed by atoms with E-state index >= 15 is 0 Å². The molecule has 1 aromatic heterocycles. The molecule has 1 aliphatic heterocycles. The lowest BCUT2D eigenvalue weighted by atomic mass is 10.1. The third-order valence-electron chi connectivity index (χ3n) is 3.99. The van der Waals surface area contributed by atoms with E-state index in [1.54, 1.807) is 0 Å². The Labute approximate surface area is 131 Å². The maximum absolute atomic E-state index is 14.3. The van der Waals surface area contributed by atoms with Crippen LogP contribution in [0.3, 0.4) is 0 Å². The highest BCUT2D eigenvalue weighted by Gasteiger charge is 2.27. The van der Waals surface area contributed by atoms with Crippen molar-refractivity contribution in [3.63, 3.8) is 0 Å². The second kappa shape index (κ2) is 6.21. The van der Waals surface area contributed by atoms with Gasteiger partial charge in [0.2, 0.25) is 0 Å². The van der Waals surface area contributed by atoms with Crippen LogP contribution in [-0.2, 0) is 9.57 Å². The minimum absolute atomic E-state index is 0.0613. The van der Waals surface area contributed by atoms with Crippen molar-refractivity contribution in [2.45, 2.75) is 25.5 Å². The third-order valence-corrected chi connectivity index (χ3v) is 3.99. The summed E-state index contributed by atoms with van der Waals surface area (Å²) in [4.78, 5) is 17.1. The van der Waals surface area contributed by atoms with E-state index in [4.69, 9.17) is 9.57 Å². The fraction of sp³-hybridized carbons (Fsp3) is 0.467. The molecule has 0 spiro atoms. The number of rotatable bonds is 3. The second-order valence-electron chi connectivity index (χ2n) is 5.37. The van der Waals surface area contributed by atoms with Gasteiger partial charge in [0, 0.05) is 25.1 Å². The van der Waals surface area contributed by atoms with Crippen molar-refractivity contribution in [2.24, 2.45) is 0 Å². The molecule has 0 N–H and O–H groups in total. The summed E-state index contributed by atoms with van der Waals surface area (Å²) in [5, 5.41) is 5.10. The van der Waals surface area contributed by atoms with Gasteiger partial charge in [-0.05, 0) is 19.3 Å². The summed E-state index contributed by atoms with van der Waals surface area (Å²) in [6.45, 7) is 0.563. The van der Waals surface area contributed by atoms with Crippen molar-refractivity contribution < 1.29 is 23.1 Å². The minimum Gasteiger partial charge on any atom is -0.356 e. The summed E-state index contributed by atoms with van der Waals surface area (Å²) < 4.78 is 35.5. The van der Waals surface area contributed by atoms with E-state index in [1.807, 2.05) is 0 Å². The highest BCUT2D eigenvalue weighted by atomic mass is 19.1. The van der Waals surface area contributed by atoms with Crippen LogP contribution >= 0.6 is 0 Å². The quantitative estimate of drug-likeness (QED) is 0.814. The van der Waals surface area contributed by atoms with Gasteiger partial charge in [0.15, 0.2) is 12.0 Å². The molecule has 1 atom stereocenters. The molecule has 0 radical (unpaired) electrons. The van der Waals surface area contributed by atoms with Gasteiger partial charge in [0.25, 0.3) is 5.91 Å². The predicted octanol–water partition coefficient (Wildman–Crippen LogP) is 2.65. The molecule has 0 bridgehead atoms. The number of hydroxylamine groups is 2. The number of hydrogen-bond acceptors (Lipinski definition) is 4. The molecule has 1 aromatic carbocycles. The summed E-state index contributed by atoms with van der Waals surface area (Å²) in [5.41, 5.74) is -0.209. The number of benzene rings is 1. The summed E-state index contributed by atoms with van der Waals surface area (Å²) in [7, 11) is 2.64. The summed E-state index contributed by atoms with van der Waals surface area (Å²) in [6.07, 6.45) is 3.44. The van der Waals surface area contributed by atoms with E-state index in [0.717, 1.165) is 17.9 Å². The van der Waals surface area contributed by atoms with Crippen molar-refractivity contribution >= 4 is 16.8 Å². The molecule has 1 unspecified atom stereocenters. The van der Waals surface area contributed by atoms with E-state index in [2.05, 4.69) is 5.10 Å². The van der Waals surface area contributed by atoms with Gasteiger partial charge in [-0.25, -0.2) is 18.5 Å². The SMILES string of the molecule is CON(C)C(=O)c1c(F)cc(F)c2c1cnn2C1CCCCO1. The standard InChI is InChI=1S/C15H17F2N3O3/c1-19(22-2)15(21)13-9-8-18-20(12-5-3-4-6-23-12)14(9)11(17)7-10(13)16/h7-8,12H,3-6H2,1-2H3. The predicted molar refractivity (Wildman–Crippen MR) is 77.6 cm³/mol. The molecular weight excluding hydrogens is 308 g/mol. The van der Waals surface area contributed by atoms with Crippen molar-refractivity contribution in [1.82, 2.24) is 14.8 Å². The zero-order chi connectivity index (χ0) is 16.6. The third kappa shape index (κ3) is 2.68. The van der Waals surface area contributed by atoms with Crippen LogP contribution in [0.25, 0.3) is 10.9 Å². The Morgan fingerprint density at radius 2 is 2.22 bits per heavy atom. The van der Waals surface area contributed by atoms with E-state index in [1.165, 1.54) is 25.0 Å². The van der Waals surface area contributed by atoms with Crippen molar-refractivity contribution in [1.29, 1.82) is 0 Å². The lowest BCUT2D eigenvalue weighted by Crippen LogP contribution is -2.26. The van der Waals surface area contributed by atoms with Crippen LogP contribution in [0.4, 0.5) is 8.78 Å². The molecule has 23 heavy (non-hydrogen) atoms. The van der Waals surface area contributed by atoms with Gasteiger partial charge in [-0.15, -0.1) is 0 Å². The fourth-order valence-corrected chi connectivity index (χ4v) is 2.76. The normalized spacial score (nSPS) is 18.3. The van der Waals surface area contributed by atoms with Gasteiger partial charge in [-0.2, -0.15) is 5.10 Å². The summed E-state index contributed by atoms with van der Waals surface area (Å²) >= 11 is 0. The number of carbonyl (C=O) groups is 1. The molecule has 3 rings (SSSR count). The monoisotopic (exact) mass is 325 g/mol. The number of ether oxygens (including phenoxy) is 1. The molecule has 2 heterocycles. The zero-order valence-electron chi connectivity index (χ0n) is 12.9. The van der Waals surface area contributed by atoms with Crippen molar-refractivity contribution in [2.75, 3.05) is 20.8 Å². The van der Waals surface area contributed by atoms with E-state index in [-0.39, 0.29) is 16.5 Å². The number of carbonyl (C=O) groups excluding carboxylic acids is 1. The van der Waals surface area contributed by atoms with Gasteiger partial charge in [0.05, 0.1) is 18.9 Å². The molecule has 2 aromatic rings. The molecule has 1 fully saturated rings. The van der Waals surface area contributed by atoms with Crippen molar-refractivity contribution in [3.05, 3.63) is 29.5 Å². The van der Waals surface area contributed by atoms with Crippen LogP contribution in [0.5, 0.6) is 0 Å². The lowest BCUT2D eigenvalue weighted by molar-refractivity contribution is -0.0758. The molecule has 8 heteroatoms. The Kier molecular flexibility index (Phi) is 4.27. The average molecular weight is 325 g/mol. The van der Waals surface area contributed by atoms with Crippen LogP contribution in [0.2, 0.25) is 0 Å². The molecule has 6 nitrogen and oxygen atoms in total. The van der Waals surface area contributed by atoms with Gasteiger partial charge in [0.1, 0.15) is 11.3 Å². The Hall–Kier alpha value is -2.06. The molecule has 0 saturated carbocycles. The molecule has 124 valence electrons. The van der Waals surface area contributed by atoms with Crippen LogP contribution in [0.15, 0.2) is 12.3 Å². The smallest absolute Gasteiger partial charge is 0.280 e. The van der Waals surface area contributed by atoms with Crippen LogP contribution < -0.4 is 0 Å². The van der Waals surface area contributed by atoms with E-state index in [9.17, 15) is 13.6 Å². The number of nitrogens with zero attached hydrogens (tertiary/aromatic N) is 3. The Bertz CT molecular complexity index is 741. The Morgan fingerprint density at radius 1 is 1.43 bits per heavy atom. The van der Waals surface area contributed by atoms with Gasteiger partial charge >= 0.3 is 0 Å². The summed E-state index contributed by atoms with van der Waals surface area (Å²) in [6, 6.07) is 0.695. The van der Waals surface area contributed by atoms with E-state index < -0.39 is 23.8 Å². The first-order valence-electron chi connectivity index (χ1n) is 7.33. The first-order valence-corrected chi connectivity index (χ1v) is 7.33. The van der Waals surface area contributed by atoms with Crippen LogP contribution in [-0.4, -0.2) is 41.5 Å². The minimum atomic E-state index is -0.951. The number of amides is 1. The molecule has 0 aliphatic carbocycles. The second-order valence-corrected chi connectivity index (χ2v) is 5.37. The number of fused-ring (bicyclic) bond motifs is 1. The van der Waals surface area contributed by atoms with Crippen LogP contribution in [0, 0.1) is 11.6 Å². The van der Waals surface area contributed by atoms with Crippen molar-refractivity contribution in [3.8, 4) is 0 Å². The fourth-order valence-electron chi connectivity index (χ4n) is 2.76. The number of hydrogen-bond donors (Lipinski definition) is 0. The largest absolute Gasteiger partial charge is 0.356 e. The Balaban J connectivity index is 2.15. The maximum atomic E-state index is 14.3. The lowest BCUT2D eigenvalue weighted by Gasteiger charge is -2.23. The number of halogens is 2.